The average Bonchev–Trinajstić information content (AvgIpc) is 2.81. The van der Waals surface area contributed by atoms with Crippen LogP contribution < -0.4 is 9.47 Å². The third kappa shape index (κ3) is 15.1. The molecule has 0 radical (unpaired) electrons. The number of phenolic OH excluding ortho intramolecular Hbond substituents is 2. The SMILES string of the molecule is CC(C)Oc1ccc(O)c(C(C)(C)C)c1.CC(C)Oc1ccc(O)c(C(C)(C)C)c1.Cl.Cl.[Ti]=[CH]c1ccccn1. The van der Waals surface area contributed by atoms with Crippen molar-refractivity contribution in [2.45, 2.75) is 92.3 Å². The molecule has 0 spiro atoms. The third-order valence-electron chi connectivity index (χ3n) is 5.13. The molecule has 222 valence electrons. The first kappa shape index (κ1) is 40.1. The fourth-order valence-electron chi connectivity index (χ4n) is 3.38. The van der Waals surface area contributed by atoms with Gasteiger partial charge in [0.2, 0.25) is 0 Å². The normalized spacial score (nSPS) is 10.6. The fraction of sp³-hybridized carbons (Fsp3) is 0.438. The van der Waals surface area contributed by atoms with Crippen LogP contribution in [0, 0.1) is 0 Å². The van der Waals surface area contributed by atoms with Gasteiger partial charge in [0.25, 0.3) is 0 Å². The summed E-state index contributed by atoms with van der Waals surface area (Å²) in [7, 11) is 0. The molecule has 2 N–H and O–H groups in total. The van der Waals surface area contributed by atoms with Crippen LogP contribution in [-0.2, 0) is 30.8 Å². The Balaban J connectivity index is 0. The summed E-state index contributed by atoms with van der Waals surface area (Å²) in [6.07, 6.45) is 2.10. The van der Waals surface area contributed by atoms with Gasteiger partial charge in [0.15, 0.2) is 0 Å². The van der Waals surface area contributed by atoms with Crippen LogP contribution in [0.5, 0.6) is 23.0 Å². The number of aromatic nitrogens is 1. The Kier molecular flexibility index (Phi) is 18.4. The van der Waals surface area contributed by atoms with Gasteiger partial charge in [0.1, 0.15) is 23.0 Å². The van der Waals surface area contributed by atoms with E-state index in [-0.39, 0.29) is 47.9 Å². The number of pyridine rings is 1. The third-order valence-corrected chi connectivity index (χ3v) is 5.59. The van der Waals surface area contributed by atoms with Crippen molar-refractivity contribution >= 4 is 29.1 Å². The Bertz CT molecular complexity index is 1070. The van der Waals surface area contributed by atoms with Crippen LogP contribution in [0.3, 0.4) is 0 Å². The van der Waals surface area contributed by atoms with Crippen LogP contribution in [-0.4, -0.2) is 31.7 Å². The standard InChI is InChI=1S/2C13H20O2.C6H5N.2ClH.Ti/c2*1-9(2)15-10-6-7-12(14)11(8-10)13(3,4)5;1-6-4-2-3-5-7-6;;;/h2*6-9,14H,1-5H3;1-5H;2*1H;. The van der Waals surface area contributed by atoms with Crippen LogP contribution >= 0.6 is 24.8 Å². The van der Waals surface area contributed by atoms with Crippen LogP contribution in [0.15, 0.2) is 60.8 Å². The number of ether oxygens (including phenoxy) is 2. The molecule has 0 aliphatic carbocycles. The first-order chi connectivity index (χ1) is 17.5. The van der Waals surface area contributed by atoms with Crippen molar-refractivity contribution in [3.63, 3.8) is 0 Å². The van der Waals surface area contributed by atoms with E-state index in [9.17, 15) is 10.2 Å². The minimum atomic E-state index is -0.0690. The zero-order chi connectivity index (χ0) is 29.1. The zero-order valence-electron chi connectivity index (χ0n) is 25.5. The Hall–Kier alpha value is -2.05. The number of nitrogens with zero attached hydrogens (tertiary/aromatic N) is 1. The molecule has 0 aliphatic heterocycles. The first-order valence-corrected chi connectivity index (χ1v) is 13.9. The molecule has 0 saturated carbocycles. The van der Waals surface area contributed by atoms with Gasteiger partial charge >= 0.3 is 59.4 Å². The molecule has 0 bridgehead atoms. The first-order valence-electron chi connectivity index (χ1n) is 13.0. The summed E-state index contributed by atoms with van der Waals surface area (Å²) >= 11 is 1.97. The molecule has 3 rings (SSSR count). The molecule has 1 heterocycles. The van der Waals surface area contributed by atoms with E-state index in [0.29, 0.717) is 11.5 Å². The fourth-order valence-corrected chi connectivity index (χ4v) is 3.65. The summed E-state index contributed by atoms with van der Waals surface area (Å²) in [5.74, 6) is 2.29. The summed E-state index contributed by atoms with van der Waals surface area (Å²) in [4.78, 5) is 4.04. The van der Waals surface area contributed by atoms with Gasteiger partial charge in [0.05, 0.1) is 12.2 Å². The molecule has 1 aromatic heterocycles. The second kappa shape index (κ2) is 18.4. The number of hydrogen-bond donors (Lipinski definition) is 2. The van der Waals surface area contributed by atoms with E-state index in [2.05, 4.69) is 46.5 Å². The second-order valence-electron chi connectivity index (χ2n) is 11.6. The summed E-state index contributed by atoms with van der Waals surface area (Å²) < 4.78 is 13.2. The van der Waals surface area contributed by atoms with Crippen molar-refractivity contribution in [2.75, 3.05) is 0 Å². The van der Waals surface area contributed by atoms with Crippen molar-refractivity contribution in [1.29, 1.82) is 0 Å². The Morgan fingerprint density at radius 3 is 1.35 bits per heavy atom. The molecule has 2 aromatic carbocycles. The molecular formula is C32H47Cl2NO4Ti. The quantitative estimate of drug-likeness (QED) is 0.277. The van der Waals surface area contributed by atoms with Crippen molar-refractivity contribution in [3.8, 4) is 23.0 Å². The molecular weight excluding hydrogens is 581 g/mol. The van der Waals surface area contributed by atoms with Crippen molar-refractivity contribution in [1.82, 2.24) is 4.98 Å². The van der Waals surface area contributed by atoms with Crippen molar-refractivity contribution < 1.29 is 39.7 Å². The van der Waals surface area contributed by atoms with Gasteiger partial charge in [-0.3, -0.25) is 0 Å². The van der Waals surface area contributed by atoms with E-state index < -0.39 is 0 Å². The monoisotopic (exact) mass is 627 g/mol. The van der Waals surface area contributed by atoms with Gasteiger partial charge in [-0.05, 0) is 74.9 Å². The maximum atomic E-state index is 9.75. The maximum absolute atomic E-state index is 9.75. The van der Waals surface area contributed by atoms with Crippen LogP contribution in [0.1, 0.15) is 86.1 Å². The van der Waals surface area contributed by atoms with E-state index in [1.807, 2.05) is 82.3 Å². The molecule has 0 amide bonds. The molecule has 0 unspecified atom stereocenters. The van der Waals surface area contributed by atoms with Gasteiger partial charge in [-0.2, -0.15) is 0 Å². The molecule has 0 fully saturated rings. The number of phenols is 2. The molecule has 5 nitrogen and oxygen atoms in total. The summed E-state index contributed by atoms with van der Waals surface area (Å²) in [6.45, 7) is 20.4. The number of hydrogen-bond acceptors (Lipinski definition) is 5. The topological polar surface area (TPSA) is 71.8 Å². The molecule has 0 aliphatic rings. The Morgan fingerprint density at radius 2 is 1.10 bits per heavy atom. The average molecular weight is 629 g/mol. The van der Waals surface area contributed by atoms with E-state index in [0.717, 1.165) is 28.3 Å². The molecule has 0 atom stereocenters. The predicted molar refractivity (Wildman–Crippen MR) is 169 cm³/mol. The molecule has 40 heavy (non-hydrogen) atoms. The second-order valence-corrected chi connectivity index (χ2v) is 12.0. The van der Waals surface area contributed by atoms with Crippen molar-refractivity contribution in [3.05, 3.63) is 77.6 Å². The van der Waals surface area contributed by atoms with Crippen LogP contribution in [0.2, 0.25) is 0 Å². The van der Waals surface area contributed by atoms with Gasteiger partial charge < -0.3 is 19.7 Å². The number of halogens is 2. The zero-order valence-corrected chi connectivity index (χ0v) is 28.7. The summed E-state index contributed by atoms with van der Waals surface area (Å²) in [5, 5.41) is 19.5. The number of rotatable bonds is 5. The van der Waals surface area contributed by atoms with Gasteiger partial charge in [0, 0.05) is 11.1 Å². The van der Waals surface area contributed by atoms with E-state index in [1.165, 1.54) is 0 Å². The van der Waals surface area contributed by atoms with Crippen molar-refractivity contribution in [2.24, 2.45) is 0 Å². The number of benzene rings is 2. The van der Waals surface area contributed by atoms with E-state index in [1.54, 1.807) is 30.5 Å². The minimum absolute atomic E-state index is 0. The molecule has 0 saturated heterocycles. The van der Waals surface area contributed by atoms with Crippen LogP contribution in [0.25, 0.3) is 0 Å². The molecule has 3 aromatic rings. The summed E-state index contributed by atoms with van der Waals surface area (Å²) in [6, 6.07) is 16.7. The Morgan fingerprint density at radius 1 is 0.700 bits per heavy atom. The number of aromatic hydroxyl groups is 2. The van der Waals surface area contributed by atoms with E-state index in [4.69, 9.17) is 9.47 Å². The predicted octanol–water partition coefficient (Wildman–Crippen LogP) is 8.58. The van der Waals surface area contributed by atoms with Gasteiger partial charge in [-0.25, -0.2) is 0 Å². The van der Waals surface area contributed by atoms with Crippen LogP contribution in [0.4, 0.5) is 0 Å². The Labute approximate surface area is 265 Å². The summed E-state index contributed by atoms with van der Waals surface area (Å²) in [5.41, 5.74) is 2.73. The van der Waals surface area contributed by atoms with Gasteiger partial charge in [-0.15, -0.1) is 24.8 Å². The molecule has 8 heteroatoms. The van der Waals surface area contributed by atoms with Gasteiger partial charge in [-0.1, -0.05) is 41.5 Å². The van der Waals surface area contributed by atoms with E-state index >= 15 is 0 Å².